The second-order valence-electron chi connectivity index (χ2n) is 3.34. The SMILES string of the molecule is NNc1c(C(=O)Nc2cnns2)cccc1[N+](=O)[O-]. The van der Waals surface area contributed by atoms with Gasteiger partial charge in [0.1, 0.15) is 10.7 Å². The van der Waals surface area contributed by atoms with Crippen molar-refractivity contribution in [1.29, 1.82) is 0 Å². The molecular weight excluding hydrogens is 272 g/mol. The van der Waals surface area contributed by atoms with Crippen LogP contribution in [0, 0.1) is 10.1 Å². The number of hydrogen-bond acceptors (Lipinski definition) is 8. The monoisotopic (exact) mass is 280 g/mol. The van der Waals surface area contributed by atoms with Crippen LogP contribution in [0.5, 0.6) is 0 Å². The second kappa shape index (κ2) is 5.37. The van der Waals surface area contributed by atoms with Gasteiger partial charge in [-0.05, 0) is 6.07 Å². The number of rotatable bonds is 4. The van der Waals surface area contributed by atoms with Crippen LogP contribution in [-0.4, -0.2) is 20.4 Å². The molecule has 0 aliphatic rings. The molecule has 0 aliphatic heterocycles. The molecule has 0 atom stereocenters. The van der Waals surface area contributed by atoms with Crippen molar-refractivity contribution in [2.24, 2.45) is 5.84 Å². The van der Waals surface area contributed by atoms with Crippen LogP contribution in [0.25, 0.3) is 0 Å². The normalized spacial score (nSPS) is 9.95. The summed E-state index contributed by atoms with van der Waals surface area (Å²) in [5, 5.41) is 17.3. The molecule has 0 aliphatic carbocycles. The van der Waals surface area contributed by atoms with E-state index < -0.39 is 10.8 Å². The smallest absolute Gasteiger partial charge is 0.294 e. The highest BCUT2D eigenvalue weighted by Crippen LogP contribution is 2.28. The van der Waals surface area contributed by atoms with Gasteiger partial charge in [-0.3, -0.25) is 20.8 Å². The Labute approximate surface area is 110 Å². The van der Waals surface area contributed by atoms with Gasteiger partial charge in [0.25, 0.3) is 11.6 Å². The second-order valence-corrected chi connectivity index (χ2v) is 4.12. The average Bonchev–Trinajstić information content (AvgIpc) is 2.90. The summed E-state index contributed by atoms with van der Waals surface area (Å²) >= 11 is 0.991. The summed E-state index contributed by atoms with van der Waals surface area (Å²) in [7, 11) is 0. The minimum absolute atomic E-state index is 0.0533. The number of carbonyl (C=O) groups is 1. The third kappa shape index (κ3) is 2.64. The van der Waals surface area contributed by atoms with Crippen LogP contribution in [0.4, 0.5) is 16.4 Å². The number of benzene rings is 1. The van der Waals surface area contributed by atoms with Crippen molar-refractivity contribution in [3.63, 3.8) is 0 Å². The zero-order valence-electron chi connectivity index (χ0n) is 9.36. The molecule has 0 fully saturated rings. The van der Waals surface area contributed by atoms with Crippen molar-refractivity contribution in [2.75, 3.05) is 10.7 Å². The summed E-state index contributed by atoms with van der Waals surface area (Å²) in [6, 6.07) is 4.07. The van der Waals surface area contributed by atoms with Gasteiger partial charge in [0.05, 0.1) is 16.7 Å². The van der Waals surface area contributed by atoms with E-state index in [1.807, 2.05) is 0 Å². The Kier molecular flexibility index (Phi) is 3.63. The van der Waals surface area contributed by atoms with Crippen LogP contribution in [-0.2, 0) is 0 Å². The Hall–Kier alpha value is -2.59. The molecule has 1 aromatic carbocycles. The van der Waals surface area contributed by atoms with E-state index in [2.05, 4.69) is 20.3 Å². The van der Waals surface area contributed by atoms with E-state index in [0.29, 0.717) is 5.00 Å². The predicted octanol–water partition coefficient (Wildman–Crippen LogP) is 0.984. The quantitative estimate of drug-likeness (QED) is 0.431. The molecule has 9 nitrogen and oxygen atoms in total. The van der Waals surface area contributed by atoms with E-state index in [4.69, 9.17) is 5.84 Å². The summed E-state index contributed by atoms with van der Waals surface area (Å²) in [6.07, 6.45) is 1.37. The first-order valence-electron chi connectivity index (χ1n) is 4.96. The molecule has 98 valence electrons. The lowest BCUT2D eigenvalue weighted by Crippen LogP contribution is -2.18. The number of nitrogens with one attached hydrogen (secondary N) is 2. The first-order chi connectivity index (χ1) is 9.13. The van der Waals surface area contributed by atoms with E-state index in [1.165, 1.54) is 24.4 Å². The van der Waals surface area contributed by atoms with Crippen LogP contribution in [0.2, 0.25) is 0 Å². The van der Waals surface area contributed by atoms with Crippen LogP contribution >= 0.6 is 11.5 Å². The Morgan fingerprint density at radius 3 is 2.84 bits per heavy atom. The number of anilines is 2. The Morgan fingerprint density at radius 2 is 2.26 bits per heavy atom. The molecule has 0 radical (unpaired) electrons. The Balaban J connectivity index is 2.36. The first kappa shape index (κ1) is 12.9. The highest BCUT2D eigenvalue weighted by molar-refractivity contribution is 7.10. The third-order valence-corrected chi connectivity index (χ3v) is 2.81. The van der Waals surface area contributed by atoms with Gasteiger partial charge >= 0.3 is 0 Å². The molecule has 10 heteroatoms. The van der Waals surface area contributed by atoms with Gasteiger partial charge in [-0.2, -0.15) is 0 Å². The third-order valence-electron chi connectivity index (χ3n) is 2.23. The Bertz CT molecular complexity index is 614. The molecule has 4 N–H and O–H groups in total. The van der Waals surface area contributed by atoms with E-state index >= 15 is 0 Å². The minimum atomic E-state index is -0.625. The fourth-order valence-electron chi connectivity index (χ4n) is 1.43. The number of amides is 1. The summed E-state index contributed by atoms with van der Waals surface area (Å²) in [5.74, 6) is 4.70. The predicted molar refractivity (Wildman–Crippen MR) is 68.8 cm³/mol. The number of para-hydroxylation sites is 1. The molecule has 0 bridgehead atoms. The zero-order chi connectivity index (χ0) is 13.8. The van der Waals surface area contributed by atoms with E-state index in [0.717, 1.165) is 11.5 Å². The number of nitro benzene ring substituents is 1. The molecule has 1 heterocycles. The van der Waals surface area contributed by atoms with Crippen molar-refractivity contribution in [3.05, 3.63) is 40.1 Å². The van der Waals surface area contributed by atoms with E-state index in [1.54, 1.807) is 0 Å². The van der Waals surface area contributed by atoms with Crippen molar-refractivity contribution in [2.45, 2.75) is 0 Å². The van der Waals surface area contributed by atoms with Gasteiger partial charge < -0.3 is 10.7 Å². The van der Waals surface area contributed by atoms with Crippen molar-refractivity contribution < 1.29 is 9.72 Å². The molecule has 1 amide bonds. The number of nitrogens with two attached hydrogens (primary N) is 1. The molecule has 0 unspecified atom stereocenters. The van der Waals surface area contributed by atoms with Crippen LogP contribution in [0.1, 0.15) is 10.4 Å². The maximum atomic E-state index is 12.0. The van der Waals surface area contributed by atoms with Crippen molar-refractivity contribution >= 4 is 33.8 Å². The maximum Gasteiger partial charge on any atom is 0.294 e. The number of nitrogens with zero attached hydrogens (tertiary/aromatic N) is 3. The van der Waals surface area contributed by atoms with Crippen LogP contribution in [0.15, 0.2) is 24.4 Å². The number of hydrazine groups is 1. The molecular formula is C9H8N6O3S. The number of nitrogen functional groups attached to an aromatic ring is 1. The van der Waals surface area contributed by atoms with Crippen LogP contribution < -0.4 is 16.6 Å². The summed E-state index contributed by atoms with van der Waals surface area (Å²) in [5.41, 5.74) is 1.90. The topological polar surface area (TPSA) is 136 Å². The average molecular weight is 280 g/mol. The van der Waals surface area contributed by atoms with Gasteiger partial charge in [-0.15, -0.1) is 5.10 Å². The zero-order valence-corrected chi connectivity index (χ0v) is 10.2. The molecule has 2 aromatic rings. The molecule has 0 saturated carbocycles. The summed E-state index contributed by atoms with van der Waals surface area (Å²) in [4.78, 5) is 22.2. The molecule has 19 heavy (non-hydrogen) atoms. The lowest BCUT2D eigenvalue weighted by atomic mass is 10.1. The number of aromatic nitrogens is 2. The van der Waals surface area contributed by atoms with Gasteiger partial charge in [-0.25, -0.2) is 0 Å². The number of hydrogen-bond donors (Lipinski definition) is 3. The summed E-state index contributed by atoms with van der Waals surface area (Å²) in [6.45, 7) is 0. The van der Waals surface area contributed by atoms with Crippen molar-refractivity contribution in [1.82, 2.24) is 9.59 Å². The van der Waals surface area contributed by atoms with Gasteiger partial charge in [0.2, 0.25) is 0 Å². The fraction of sp³-hybridized carbons (Fsp3) is 0. The molecule has 2 rings (SSSR count). The lowest BCUT2D eigenvalue weighted by Gasteiger charge is -2.08. The summed E-state index contributed by atoms with van der Waals surface area (Å²) < 4.78 is 3.59. The van der Waals surface area contributed by atoms with E-state index in [-0.39, 0.29) is 16.9 Å². The molecule has 1 aromatic heterocycles. The largest absolute Gasteiger partial charge is 0.318 e. The standard InChI is InChI=1S/C9H8N6O3S/c10-13-8-5(2-1-3-6(8)15(17)18)9(16)12-7-4-11-14-19-7/h1-4,13H,10H2,(H,12,16). The van der Waals surface area contributed by atoms with Crippen LogP contribution in [0.3, 0.4) is 0 Å². The van der Waals surface area contributed by atoms with Gasteiger partial charge in [0, 0.05) is 17.6 Å². The lowest BCUT2D eigenvalue weighted by molar-refractivity contribution is -0.384. The number of carbonyl (C=O) groups excluding carboxylic acids is 1. The minimum Gasteiger partial charge on any atom is -0.318 e. The highest BCUT2D eigenvalue weighted by Gasteiger charge is 2.21. The fourth-order valence-corrected chi connectivity index (χ4v) is 1.85. The molecule has 0 saturated heterocycles. The first-order valence-corrected chi connectivity index (χ1v) is 5.73. The number of nitro groups is 1. The molecule has 0 spiro atoms. The Morgan fingerprint density at radius 1 is 1.47 bits per heavy atom. The van der Waals surface area contributed by atoms with E-state index in [9.17, 15) is 14.9 Å². The van der Waals surface area contributed by atoms with Gasteiger partial charge in [-0.1, -0.05) is 10.6 Å². The highest BCUT2D eigenvalue weighted by atomic mass is 32.1. The van der Waals surface area contributed by atoms with Gasteiger partial charge in [0.15, 0.2) is 0 Å². The van der Waals surface area contributed by atoms with Crippen molar-refractivity contribution in [3.8, 4) is 0 Å². The maximum absolute atomic E-state index is 12.0.